The number of unbranched alkanes of at least 4 members (excludes halogenated alkanes) is 1. The quantitative estimate of drug-likeness (QED) is 0.398. The van der Waals surface area contributed by atoms with E-state index in [9.17, 15) is 15.0 Å². The van der Waals surface area contributed by atoms with Crippen molar-refractivity contribution in [3.05, 3.63) is 59.4 Å². The fourth-order valence-electron chi connectivity index (χ4n) is 6.01. The van der Waals surface area contributed by atoms with Crippen LogP contribution in [-0.4, -0.2) is 60.0 Å². The van der Waals surface area contributed by atoms with Crippen molar-refractivity contribution in [3.63, 3.8) is 0 Å². The van der Waals surface area contributed by atoms with E-state index in [2.05, 4.69) is 0 Å². The summed E-state index contributed by atoms with van der Waals surface area (Å²) < 4.78 is 26.7. The molecule has 2 aromatic carbocycles. The highest BCUT2D eigenvalue weighted by Crippen LogP contribution is 2.46. The minimum Gasteiger partial charge on any atom is -0.454 e. The van der Waals surface area contributed by atoms with E-state index < -0.39 is 23.6 Å². The Kier molecular flexibility index (Phi) is 9.41. The second kappa shape index (κ2) is 12.6. The van der Waals surface area contributed by atoms with Crippen LogP contribution in [0.15, 0.2) is 42.5 Å². The van der Waals surface area contributed by atoms with E-state index >= 15 is 4.39 Å². The van der Waals surface area contributed by atoms with Crippen LogP contribution in [0.1, 0.15) is 56.1 Å². The van der Waals surface area contributed by atoms with E-state index in [0.29, 0.717) is 63.1 Å². The number of likely N-dealkylation sites (tertiary alicyclic amines) is 1. The number of ether oxygens (including phenoxy) is 2. The van der Waals surface area contributed by atoms with E-state index in [1.165, 1.54) is 6.07 Å². The van der Waals surface area contributed by atoms with Crippen LogP contribution in [0.25, 0.3) is 0 Å². The molecule has 2 fully saturated rings. The lowest BCUT2D eigenvalue weighted by atomic mass is 9.73. The lowest BCUT2D eigenvalue weighted by Crippen LogP contribution is -2.49. The number of hydrogen-bond acceptors (Lipinski definition) is 6. The summed E-state index contributed by atoms with van der Waals surface area (Å²) in [5.74, 6) is -0.661. The number of rotatable bonds is 10. The van der Waals surface area contributed by atoms with Gasteiger partial charge in [-0.05, 0) is 69.6 Å². The molecule has 8 heteroatoms. The number of nitrogens with zero attached hydrogens (tertiary/aromatic N) is 1. The summed E-state index contributed by atoms with van der Waals surface area (Å²) in [4.78, 5) is 15.2. The number of halogens is 1. The first-order valence-electron chi connectivity index (χ1n) is 13.7. The van der Waals surface area contributed by atoms with Gasteiger partial charge in [-0.2, -0.15) is 0 Å². The molecule has 1 aliphatic heterocycles. The van der Waals surface area contributed by atoms with Crippen LogP contribution < -0.4 is 10.5 Å². The number of piperidine rings is 1. The van der Waals surface area contributed by atoms with Crippen molar-refractivity contribution in [1.82, 2.24) is 4.90 Å². The van der Waals surface area contributed by atoms with E-state index in [4.69, 9.17) is 15.2 Å². The second-order valence-corrected chi connectivity index (χ2v) is 10.9. The Morgan fingerprint density at radius 1 is 1.18 bits per heavy atom. The molecular formula is C30H41FN2O5. The van der Waals surface area contributed by atoms with Crippen molar-refractivity contribution in [3.8, 4) is 11.5 Å². The molecule has 1 saturated heterocycles. The molecule has 1 saturated carbocycles. The van der Waals surface area contributed by atoms with Gasteiger partial charge in [0, 0.05) is 50.2 Å². The molecule has 4 rings (SSSR count). The van der Waals surface area contributed by atoms with Crippen molar-refractivity contribution in [2.75, 3.05) is 26.8 Å². The standard InChI is InChI=1S/C30H41FN2O5/c1-20-9-3-4-13-27(20)38-28-23(11-7-12-24(28)31)30(36,14-5-6-16-37-2)22-10-8-15-33(19-22)29(35)21-17-25(32)26(34)18-21/h3-4,7,9,11-13,21-22,25-26,34,36H,5-6,8,10,14-19,32H2,1-2H3/t21-,22?,25+,26-,30-/m0/s1. The summed E-state index contributed by atoms with van der Waals surface area (Å²) in [6.07, 6.45) is 3.36. The summed E-state index contributed by atoms with van der Waals surface area (Å²) in [5.41, 5.74) is 5.81. The topological polar surface area (TPSA) is 105 Å². The minimum absolute atomic E-state index is 0.0179. The van der Waals surface area contributed by atoms with Crippen molar-refractivity contribution in [2.45, 2.75) is 69.6 Å². The van der Waals surface area contributed by atoms with Crippen molar-refractivity contribution in [1.29, 1.82) is 0 Å². The predicted molar refractivity (Wildman–Crippen MR) is 143 cm³/mol. The van der Waals surface area contributed by atoms with Gasteiger partial charge < -0.3 is 30.3 Å². The molecular weight excluding hydrogens is 487 g/mol. The highest BCUT2D eigenvalue weighted by atomic mass is 19.1. The smallest absolute Gasteiger partial charge is 0.225 e. The molecule has 0 spiro atoms. The van der Waals surface area contributed by atoms with Gasteiger partial charge in [0.15, 0.2) is 11.6 Å². The molecule has 1 aliphatic carbocycles. The van der Waals surface area contributed by atoms with Gasteiger partial charge in [-0.15, -0.1) is 0 Å². The molecule has 0 aromatic heterocycles. The van der Waals surface area contributed by atoms with Gasteiger partial charge in [0.2, 0.25) is 5.91 Å². The molecule has 0 radical (unpaired) electrons. The van der Waals surface area contributed by atoms with E-state index in [-0.39, 0.29) is 23.5 Å². The number of para-hydroxylation sites is 2. The third-order valence-corrected chi connectivity index (χ3v) is 8.23. The van der Waals surface area contributed by atoms with Crippen LogP contribution in [0, 0.1) is 24.6 Å². The number of benzene rings is 2. The second-order valence-electron chi connectivity index (χ2n) is 10.9. The Balaban J connectivity index is 1.65. The Labute approximate surface area is 224 Å². The molecule has 1 heterocycles. The molecule has 2 aromatic rings. The van der Waals surface area contributed by atoms with E-state index in [1.807, 2.05) is 25.1 Å². The van der Waals surface area contributed by atoms with Gasteiger partial charge in [0.05, 0.1) is 11.7 Å². The molecule has 2 aliphatic rings. The Hall–Kier alpha value is -2.52. The van der Waals surface area contributed by atoms with Crippen LogP contribution >= 0.6 is 0 Å². The van der Waals surface area contributed by atoms with Crippen LogP contribution in [0.5, 0.6) is 11.5 Å². The number of hydrogen-bond donors (Lipinski definition) is 3. The largest absolute Gasteiger partial charge is 0.454 e. The number of carbonyl (C=O) groups excluding carboxylic acids is 1. The fraction of sp³-hybridized carbons (Fsp3) is 0.567. The Bertz CT molecular complexity index is 1090. The summed E-state index contributed by atoms with van der Waals surface area (Å²) in [6.45, 7) is 3.39. The molecule has 7 nitrogen and oxygen atoms in total. The number of amides is 1. The van der Waals surface area contributed by atoms with E-state index in [0.717, 1.165) is 18.4 Å². The zero-order chi connectivity index (χ0) is 27.3. The third-order valence-electron chi connectivity index (χ3n) is 8.23. The lowest BCUT2D eigenvalue weighted by molar-refractivity contribution is -0.141. The van der Waals surface area contributed by atoms with E-state index in [1.54, 1.807) is 30.2 Å². The maximum Gasteiger partial charge on any atom is 0.225 e. The molecule has 1 amide bonds. The van der Waals surface area contributed by atoms with Crippen LogP contribution in [0.4, 0.5) is 4.39 Å². The fourth-order valence-corrected chi connectivity index (χ4v) is 6.01. The first-order valence-corrected chi connectivity index (χ1v) is 13.7. The highest BCUT2D eigenvalue weighted by molar-refractivity contribution is 5.79. The average Bonchev–Trinajstić information content (AvgIpc) is 3.26. The first kappa shape index (κ1) is 28.5. The Morgan fingerprint density at radius 3 is 2.68 bits per heavy atom. The van der Waals surface area contributed by atoms with Crippen LogP contribution in [0.3, 0.4) is 0 Å². The number of methoxy groups -OCH3 is 1. The van der Waals surface area contributed by atoms with Gasteiger partial charge in [-0.25, -0.2) is 4.39 Å². The highest BCUT2D eigenvalue weighted by Gasteiger charge is 2.45. The lowest BCUT2D eigenvalue weighted by Gasteiger charge is -2.44. The third kappa shape index (κ3) is 6.20. The predicted octanol–water partition coefficient (Wildman–Crippen LogP) is 4.27. The molecule has 0 bridgehead atoms. The molecule has 4 N–H and O–H groups in total. The van der Waals surface area contributed by atoms with Crippen molar-refractivity contribution >= 4 is 5.91 Å². The number of aryl methyl sites for hydroxylation is 1. The molecule has 1 unspecified atom stereocenters. The van der Waals surface area contributed by atoms with Crippen molar-refractivity contribution in [2.24, 2.45) is 17.6 Å². The summed E-state index contributed by atoms with van der Waals surface area (Å²) in [7, 11) is 1.64. The number of aliphatic hydroxyl groups is 2. The molecule has 38 heavy (non-hydrogen) atoms. The normalized spacial score (nSPS) is 25.3. The first-order chi connectivity index (χ1) is 18.2. The maximum absolute atomic E-state index is 15.3. The maximum atomic E-state index is 15.3. The number of nitrogens with two attached hydrogens (primary N) is 1. The summed E-state index contributed by atoms with van der Waals surface area (Å²) in [5, 5.41) is 22.5. The zero-order valence-corrected chi connectivity index (χ0v) is 22.4. The van der Waals surface area contributed by atoms with Gasteiger partial charge in [-0.3, -0.25) is 4.79 Å². The van der Waals surface area contributed by atoms with Crippen LogP contribution in [-0.2, 0) is 15.1 Å². The summed E-state index contributed by atoms with van der Waals surface area (Å²) >= 11 is 0. The van der Waals surface area contributed by atoms with Crippen LogP contribution in [0.2, 0.25) is 0 Å². The van der Waals surface area contributed by atoms with Crippen molar-refractivity contribution < 1.29 is 28.9 Å². The monoisotopic (exact) mass is 528 g/mol. The Morgan fingerprint density at radius 2 is 1.97 bits per heavy atom. The molecule has 208 valence electrons. The molecule has 5 atom stereocenters. The van der Waals surface area contributed by atoms with Gasteiger partial charge in [0.25, 0.3) is 0 Å². The number of aliphatic hydroxyl groups excluding tert-OH is 1. The SMILES string of the molecule is COCCCC[C@@](O)(c1cccc(F)c1Oc1ccccc1C)C1CCCN(C(=O)[C@H]2C[C@@H](N)[C@@H](O)C2)C1. The van der Waals surface area contributed by atoms with Gasteiger partial charge in [0.1, 0.15) is 5.75 Å². The average molecular weight is 529 g/mol. The van der Waals surface area contributed by atoms with Gasteiger partial charge in [-0.1, -0.05) is 30.3 Å². The number of carbonyl (C=O) groups is 1. The minimum atomic E-state index is -1.42. The van der Waals surface area contributed by atoms with Gasteiger partial charge >= 0.3 is 0 Å². The summed E-state index contributed by atoms with van der Waals surface area (Å²) in [6, 6.07) is 11.7. The zero-order valence-electron chi connectivity index (χ0n) is 22.4.